The lowest BCUT2D eigenvalue weighted by atomic mass is 10.1. The molecule has 1 fully saturated rings. The van der Waals surface area contributed by atoms with Crippen LogP contribution in [0.2, 0.25) is 0 Å². The first-order chi connectivity index (χ1) is 7.75. The lowest BCUT2D eigenvalue weighted by Gasteiger charge is -2.08. The highest BCUT2D eigenvalue weighted by Crippen LogP contribution is 2.24. The van der Waals surface area contributed by atoms with Crippen molar-refractivity contribution in [3.05, 3.63) is 18.1 Å². The average Bonchev–Trinajstić information content (AvgIpc) is 2.80. The van der Waals surface area contributed by atoms with E-state index in [1.165, 1.54) is 6.33 Å². The van der Waals surface area contributed by atoms with Crippen molar-refractivity contribution in [3.63, 3.8) is 0 Å². The molecule has 0 unspecified atom stereocenters. The summed E-state index contributed by atoms with van der Waals surface area (Å²) in [5, 5.41) is 11.2. The van der Waals surface area contributed by atoms with Gasteiger partial charge >= 0.3 is 5.97 Å². The molecule has 1 saturated heterocycles. The zero-order chi connectivity index (χ0) is 11.4. The van der Waals surface area contributed by atoms with Gasteiger partial charge in [-0.05, 0) is 6.42 Å². The maximum absolute atomic E-state index is 10.4. The van der Waals surface area contributed by atoms with E-state index in [0.717, 1.165) is 18.7 Å². The van der Waals surface area contributed by atoms with Crippen LogP contribution >= 0.6 is 0 Å². The monoisotopic (exact) mass is 223 g/mol. The van der Waals surface area contributed by atoms with Gasteiger partial charge in [0.1, 0.15) is 18.7 Å². The third-order valence-electron chi connectivity index (χ3n) is 2.46. The van der Waals surface area contributed by atoms with E-state index in [1.807, 2.05) is 0 Å². The number of carbonyl (C=O) groups is 1. The molecule has 1 aliphatic heterocycles. The van der Waals surface area contributed by atoms with Gasteiger partial charge in [0.05, 0.1) is 12.3 Å². The Kier molecular flexibility index (Phi) is 3.31. The Bertz CT molecular complexity index is 377. The summed E-state index contributed by atoms with van der Waals surface area (Å²) in [6, 6.07) is 1.78. The van der Waals surface area contributed by atoms with Crippen LogP contribution in [-0.4, -0.2) is 40.8 Å². The van der Waals surface area contributed by atoms with Gasteiger partial charge in [0.2, 0.25) is 0 Å². The number of carboxylic acid groups (broad SMARTS) is 1. The molecule has 2 heterocycles. The zero-order valence-electron chi connectivity index (χ0n) is 8.72. The number of ether oxygens (including phenoxy) is 1. The van der Waals surface area contributed by atoms with Crippen LogP contribution in [0.1, 0.15) is 18.0 Å². The molecule has 1 aliphatic rings. The molecule has 1 aromatic rings. The van der Waals surface area contributed by atoms with Crippen LogP contribution in [0.3, 0.4) is 0 Å². The zero-order valence-corrected chi connectivity index (χ0v) is 8.72. The Morgan fingerprint density at radius 2 is 2.50 bits per heavy atom. The smallest absolute Gasteiger partial charge is 0.322 e. The van der Waals surface area contributed by atoms with E-state index in [-0.39, 0.29) is 6.54 Å². The predicted octanol–water partition coefficient (Wildman–Crippen LogP) is 0.477. The SMILES string of the molecule is O=C(O)CNc1cc([C@H]2CCOC2)ncn1. The van der Waals surface area contributed by atoms with Gasteiger partial charge in [0.15, 0.2) is 0 Å². The molecule has 16 heavy (non-hydrogen) atoms. The van der Waals surface area contributed by atoms with Gasteiger partial charge in [-0.3, -0.25) is 4.79 Å². The van der Waals surface area contributed by atoms with Crippen molar-refractivity contribution in [2.75, 3.05) is 25.1 Å². The normalized spacial score (nSPS) is 19.6. The molecule has 6 heteroatoms. The maximum atomic E-state index is 10.4. The summed E-state index contributed by atoms with van der Waals surface area (Å²) in [5.41, 5.74) is 0.903. The minimum absolute atomic E-state index is 0.141. The fourth-order valence-corrected chi connectivity index (χ4v) is 1.63. The largest absolute Gasteiger partial charge is 0.480 e. The minimum atomic E-state index is -0.913. The summed E-state index contributed by atoms with van der Waals surface area (Å²) in [4.78, 5) is 18.5. The number of hydrogen-bond donors (Lipinski definition) is 2. The van der Waals surface area contributed by atoms with E-state index in [9.17, 15) is 4.79 Å². The Balaban J connectivity index is 2.03. The first-order valence-corrected chi connectivity index (χ1v) is 5.11. The van der Waals surface area contributed by atoms with Crippen LogP contribution < -0.4 is 5.32 Å². The second-order valence-corrected chi connectivity index (χ2v) is 3.64. The van der Waals surface area contributed by atoms with Crippen LogP contribution in [0.5, 0.6) is 0 Å². The maximum Gasteiger partial charge on any atom is 0.322 e. The van der Waals surface area contributed by atoms with Crippen molar-refractivity contribution in [1.82, 2.24) is 9.97 Å². The van der Waals surface area contributed by atoms with Crippen molar-refractivity contribution >= 4 is 11.8 Å². The van der Waals surface area contributed by atoms with Crippen molar-refractivity contribution in [1.29, 1.82) is 0 Å². The molecule has 0 amide bonds. The van der Waals surface area contributed by atoms with E-state index in [1.54, 1.807) is 6.07 Å². The van der Waals surface area contributed by atoms with Crippen LogP contribution in [0, 0.1) is 0 Å². The lowest BCUT2D eigenvalue weighted by molar-refractivity contribution is -0.134. The van der Waals surface area contributed by atoms with Crippen molar-refractivity contribution in [3.8, 4) is 0 Å². The molecule has 1 aromatic heterocycles. The Hall–Kier alpha value is -1.69. The molecule has 2 rings (SSSR count). The highest BCUT2D eigenvalue weighted by Gasteiger charge is 2.19. The van der Waals surface area contributed by atoms with E-state index < -0.39 is 5.97 Å². The molecule has 6 nitrogen and oxygen atoms in total. The number of anilines is 1. The van der Waals surface area contributed by atoms with Crippen molar-refractivity contribution < 1.29 is 14.6 Å². The molecule has 2 N–H and O–H groups in total. The fourth-order valence-electron chi connectivity index (χ4n) is 1.63. The molecule has 0 radical (unpaired) electrons. The number of aliphatic carboxylic acids is 1. The number of nitrogens with zero attached hydrogens (tertiary/aromatic N) is 2. The number of rotatable bonds is 4. The van der Waals surface area contributed by atoms with Crippen LogP contribution in [0.25, 0.3) is 0 Å². The Labute approximate surface area is 92.7 Å². The summed E-state index contributed by atoms with van der Waals surface area (Å²) >= 11 is 0. The Morgan fingerprint density at radius 1 is 1.62 bits per heavy atom. The van der Waals surface area contributed by atoms with Crippen LogP contribution in [0.4, 0.5) is 5.82 Å². The summed E-state index contributed by atoms with van der Waals surface area (Å²) in [6.45, 7) is 1.29. The molecule has 0 bridgehead atoms. The van der Waals surface area contributed by atoms with Crippen LogP contribution in [-0.2, 0) is 9.53 Å². The van der Waals surface area contributed by atoms with Gasteiger partial charge in [-0.1, -0.05) is 0 Å². The predicted molar refractivity (Wildman–Crippen MR) is 56.3 cm³/mol. The van der Waals surface area contributed by atoms with E-state index in [2.05, 4.69) is 15.3 Å². The summed E-state index contributed by atoms with van der Waals surface area (Å²) < 4.78 is 5.27. The molecule has 0 saturated carbocycles. The highest BCUT2D eigenvalue weighted by atomic mass is 16.5. The second kappa shape index (κ2) is 4.89. The van der Waals surface area contributed by atoms with Gasteiger partial charge in [-0.25, -0.2) is 9.97 Å². The molecule has 0 aliphatic carbocycles. The highest BCUT2D eigenvalue weighted by molar-refractivity contribution is 5.72. The van der Waals surface area contributed by atoms with Crippen molar-refractivity contribution in [2.24, 2.45) is 0 Å². The van der Waals surface area contributed by atoms with Gasteiger partial charge in [0, 0.05) is 18.6 Å². The third-order valence-corrected chi connectivity index (χ3v) is 2.46. The van der Waals surface area contributed by atoms with Gasteiger partial charge in [0.25, 0.3) is 0 Å². The average molecular weight is 223 g/mol. The first kappa shape index (κ1) is 10.8. The number of hydrogen-bond acceptors (Lipinski definition) is 5. The van der Waals surface area contributed by atoms with E-state index >= 15 is 0 Å². The molecule has 0 spiro atoms. The molecule has 86 valence electrons. The molecule has 0 aromatic carbocycles. The third kappa shape index (κ3) is 2.66. The summed E-state index contributed by atoms with van der Waals surface area (Å²) in [6.07, 6.45) is 2.40. The minimum Gasteiger partial charge on any atom is -0.480 e. The molecule has 1 atom stereocenters. The second-order valence-electron chi connectivity index (χ2n) is 3.64. The number of aromatic nitrogens is 2. The lowest BCUT2D eigenvalue weighted by Crippen LogP contribution is -2.14. The van der Waals surface area contributed by atoms with E-state index in [4.69, 9.17) is 9.84 Å². The van der Waals surface area contributed by atoms with Gasteiger partial charge in [-0.15, -0.1) is 0 Å². The first-order valence-electron chi connectivity index (χ1n) is 5.11. The van der Waals surface area contributed by atoms with Gasteiger partial charge in [-0.2, -0.15) is 0 Å². The van der Waals surface area contributed by atoms with Crippen LogP contribution in [0.15, 0.2) is 12.4 Å². The van der Waals surface area contributed by atoms with E-state index in [0.29, 0.717) is 18.3 Å². The fraction of sp³-hybridized carbons (Fsp3) is 0.500. The molecular formula is C10H13N3O3. The number of nitrogens with one attached hydrogen (secondary N) is 1. The Morgan fingerprint density at radius 3 is 3.19 bits per heavy atom. The quantitative estimate of drug-likeness (QED) is 0.772. The number of carboxylic acids is 1. The molecular weight excluding hydrogens is 210 g/mol. The summed E-state index contributed by atoms with van der Waals surface area (Å²) in [5.74, 6) is -0.0722. The summed E-state index contributed by atoms with van der Waals surface area (Å²) in [7, 11) is 0. The topological polar surface area (TPSA) is 84.3 Å². The standard InChI is InChI=1S/C10H13N3O3/c14-10(15)4-11-9-3-8(12-6-13-9)7-1-2-16-5-7/h3,6-7H,1-2,4-5H2,(H,14,15)(H,11,12,13)/t7-/m0/s1. The van der Waals surface area contributed by atoms with Crippen molar-refractivity contribution in [2.45, 2.75) is 12.3 Å². The van der Waals surface area contributed by atoms with Gasteiger partial charge < -0.3 is 15.2 Å².